The Morgan fingerprint density at radius 2 is 1.81 bits per heavy atom. The summed E-state index contributed by atoms with van der Waals surface area (Å²) >= 11 is 0. The van der Waals surface area contributed by atoms with Crippen molar-refractivity contribution in [2.45, 2.75) is 54.5 Å². The van der Waals surface area contributed by atoms with Crippen molar-refractivity contribution in [1.82, 2.24) is 0 Å². The lowest BCUT2D eigenvalue weighted by molar-refractivity contribution is 0.322. The molecule has 2 rings (SSSR count). The van der Waals surface area contributed by atoms with Crippen molar-refractivity contribution in [1.29, 1.82) is 0 Å². The van der Waals surface area contributed by atoms with Gasteiger partial charge < -0.3 is 5.73 Å². The lowest BCUT2D eigenvalue weighted by Crippen LogP contribution is -2.43. The zero-order chi connectivity index (χ0) is 16.0. The highest BCUT2D eigenvalue weighted by Gasteiger charge is 2.42. The van der Waals surface area contributed by atoms with Crippen LogP contribution in [0.15, 0.2) is 47.1 Å². The van der Waals surface area contributed by atoms with Gasteiger partial charge in [0.05, 0.1) is 0 Å². The van der Waals surface area contributed by atoms with Crippen LogP contribution < -0.4 is 5.73 Å². The van der Waals surface area contributed by atoms with Crippen molar-refractivity contribution < 1.29 is 0 Å². The Hall–Kier alpha value is -1.08. The van der Waals surface area contributed by atoms with Gasteiger partial charge in [0.15, 0.2) is 0 Å². The molecular weight excluding hydrogens is 254 g/mol. The maximum absolute atomic E-state index is 6.52. The van der Waals surface area contributed by atoms with Crippen LogP contribution in [-0.2, 0) is 0 Å². The summed E-state index contributed by atoms with van der Waals surface area (Å²) in [4.78, 5) is 0. The smallest absolute Gasteiger partial charge is 0.0326 e. The van der Waals surface area contributed by atoms with Crippen LogP contribution in [-0.4, -0.2) is 6.04 Å². The lowest BCUT2D eigenvalue weighted by Gasteiger charge is -2.45. The summed E-state index contributed by atoms with van der Waals surface area (Å²) in [5.41, 5.74) is 11.0. The van der Waals surface area contributed by atoms with E-state index in [1.165, 1.54) is 16.7 Å². The topological polar surface area (TPSA) is 26.0 Å². The fourth-order valence-corrected chi connectivity index (χ4v) is 3.55. The molecule has 2 aliphatic carbocycles. The summed E-state index contributed by atoms with van der Waals surface area (Å²) in [5, 5.41) is 0. The largest absolute Gasteiger partial charge is 0.324 e. The van der Waals surface area contributed by atoms with E-state index in [1.807, 2.05) is 0 Å². The van der Waals surface area contributed by atoms with Crippen LogP contribution in [0.25, 0.3) is 0 Å². The van der Waals surface area contributed by atoms with Crippen LogP contribution >= 0.6 is 0 Å². The van der Waals surface area contributed by atoms with Crippen LogP contribution in [0.2, 0.25) is 0 Å². The van der Waals surface area contributed by atoms with E-state index in [4.69, 9.17) is 5.73 Å². The molecule has 0 aromatic carbocycles. The highest BCUT2D eigenvalue weighted by Crippen LogP contribution is 2.50. The molecule has 0 aromatic rings. The molecule has 0 bridgehead atoms. The molecule has 0 radical (unpaired) electrons. The van der Waals surface area contributed by atoms with Crippen LogP contribution in [0.4, 0.5) is 0 Å². The molecular formula is C20H31N. The molecule has 2 N–H and O–H groups in total. The SMILES string of the molecule is CC1=CC(C(C)(C)C)=CC(C)[C@@]1(C)C1=CC=C[C@@H](C)[C@@H]1N. The van der Waals surface area contributed by atoms with Crippen molar-refractivity contribution >= 4 is 0 Å². The zero-order valence-electron chi connectivity index (χ0n) is 14.7. The molecule has 0 saturated carbocycles. The minimum absolute atomic E-state index is 0.0349. The average Bonchev–Trinajstić information content (AvgIpc) is 2.37. The molecule has 1 heteroatoms. The van der Waals surface area contributed by atoms with E-state index in [9.17, 15) is 0 Å². The Labute approximate surface area is 130 Å². The minimum Gasteiger partial charge on any atom is -0.324 e. The third kappa shape index (κ3) is 2.68. The molecule has 2 aliphatic rings. The number of allylic oxidation sites excluding steroid dienone is 6. The molecule has 1 nitrogen and oxygen atoms in total. The van der Waals surface area contributed by atoms with Crippen molar-refractivity contribution in [3.63, 3.8) is 0 Å². The van der Waals surface area contributed by atoms with Crippen LogP contribution in [0.3, 0.4) is 0 Å². The van der Waals surface area contributed by atoms with E-state index in [0.29, 0.717) is 11.8 Å². The standard InChI is InChI=1S/C20H31N/c1-13-9-8-10-17(18(13)21)20(7)14(2)11-16(12-15(20)3)19(4,5)6/h8-14,18H,21H2,1-7H3/t13-,14?,18+,20-/m1/s1. The normalized spacial score (nSPS) is 37.0. The van der Waals surface area contributed by atoms with E-state index in [-0.39, 0.29) is 16.9 Å². The van der Waals surface area contributed by atoms with Crippen molar-refractivity contribution in [3.05, 3.63) is 47.1 Å². The van der Waals surface area contributed by atoms with Gasteiger partial charge in [-0.05, 0) is 35.3 Å². The van der Waals surface area contributed by atoms with E-state index in [1.54, 1.807) is 0 Å². The Kier molecular flexibility index (Phi) is 4.10. The molecule has 0 aromatic heterocycles. The summed E-state index contributed by atoms with van der Waals surface area (Å²) in [6.07, 6.45) is 11.5. The van der Waals surface area contributed by atoms with E-state index in [0.717, 1.165) is 0 Å². The summed E-state index contributed by atoms with van der Waals surface area (Å²) in [7, 11) is 0. The fourth-order valence-electron chi connectivity index (χ4n) is 3.55. The van der Waals surface area contributed by atoms with E-state index < -0.39 is 0 Å². The quantitative estimate of drug-likeness (QED) is 0.719. The molecule has 0 amide bonds. The highest BCUT2D eigenvalue weighted by molar-refractivity contribution is 5.45. The molecule has 0 fully saturated rings. The minimum atomic E-state index is 0.0349. The Morgan fingerprint density at radius 3 is 2.33 bits per heavy atom. The van der Waals surface area contributed by atoms with Gasteiger partial charge in [0.1, 0.15) is 0 Å². The van der Waals surface area contributed by atoms with Crippen molar-refractivity contribution in [2.24, 2.45) is 28.4 Å². The Morgan fingerprint density at radius 1 is 1.19 bits per heavy atom. The van der Waals surface area contributed by atoms with Gasteiger partial charge in [-0.1, -0.05) is 77.5 Å². The third-order valence-corrected chi connectivity index (χ3v) is 5.61. The molecule has 0 saturated heterocycles. The highest BCUT2D eigenvalue weighted by atomic mass is 14.7. The Balaban J connectivity index is 2.46. The predicted octanol–water partition coefficient (Wildman–Crippen LogP) is 5.02. The second-order valence-electron chi connectivity index (χ2n) is 8.08. The lowest BCUT2D eigenvalue weighted by atomic mass is 9.59. The molecule has 0 spiro atoms. The van der Waals surface area contributed by atoms with Gasteiger partial charge >= 0.3 is 0 Å². The molecule has 21 heavy (non-hydrogen) atoms. The molecule has 1 unspecified atom stereocenters. The van der Waals surface area contributed by atoms with Crippen LogP contribution in [0, 0.1) is 22.7 Å². The van der Waals surface area contributed by atoms with Crippen molar-refractivity contribution in [3.8, 4) is 0 Å². The third-order valence-electron chi connectivity index (χ3n) is 5.61. The second kappa shape index (κ2) is 5.28. The summed E-state index contributed by atoms with van der Waals surface area (Å²) in [5.74, 6) is 0.877. The van der Waals surface area contributed by atoms with Gasteiger partial charge in [-0.2, -0.15) is 0 Å². The first-order valence-electron chi connectivity index (χ1n) is 8.14. The number of hydrogen-bond donors (Lipinski definition) is 1. The van der Waals surface area contributed by atoms with E-state index in [2.05, 4.69) is 78.8 Å². The maximum Gasteiger partial charge on any atom is 0.0326 e. The fraction of sp³-hybridized carbons (Fsp3) is 0.600. The van der Waals surface area contributed by atoms with Gasteiger partial charge in [-0.3, -0.25) is 0 Å². The summed E-state index contributed by atoms with van der Waals surface area (Å²) in [6, 6.07) is 0.121. The first-order chi connectivity index (χ1) is 9.58. The Bertz CT molecular complexity index is 539. The van der Waals surface area contributed by atoms with Crippen LogP contribution in [0.1, 0.15) is 48.5 Å². The average molecular weight is 285 g/mol. The first-order valence-corrected chi connectivity index (χ1v) is 8.14. The molecule has 0 aliphatic heterocycles. The number of hydrogen-bond acceptors (Lipinski definition) is 1. The molecule has 116 valence electrons. The monoisotopic (exact) mass is 285 g/mol. The van der Waals surface area contributed by atoms with Gasteiger partial charge in [0, 0.05) is 11.5 Å². The van der Waals surface area contributed by atoms with Gasteiger partial charge in [0.2, 0.25) is 0 Å². The van der Waals surface area contributed by atoms with Gasteiger partial charge in [-0.25, -0.2) is 0 Å². The van der Waals surface area contributed by atoms with E-state index >= 15 is 0 Å². The number of rotatable bonds is 1. The van der Waals surface area contributed by atoms with Crippen molar-refractivity contribution in [2.75, 3.05) is 0 Å². The van der Waals surface area contributed by atoms with Crippen LogP contribution in [0.5, 0.6) is 0 Å². The zero-order valence-corrected chi connectivity index (χ0v) is 14.7. The summed E-state index contributed by atoms with van der Waals surface area (Å²) in [6.45, 7) is 16.0. The van der Waals surface area contributed by atoms with Gasteiger partial charge in [0.25, 0.3) is 0 Å². The maximum atomic E-state index is 6.52. The second-order valence-corrected chi connectivity index (χ2v) is 8.08. The number of nitrogens with two attached hydrogens (primary N) is 1. The van der Waals surface area contributed by atoms with Gasteiger partial charge in [-0.15, -0.1) is 0 Å². The first kappa shape index (κ1) is 16.3. The predicted molar refractivity (Wildman–Crippen MR) is 92.9 cm³/mol. The molecule has 0 heterocycles. The molecule has 4 atom stereocenters. The summed E-state index contributed by atoms with van der Waals surface area (Å²) < 4.78 is 0.